The van der Waals surface area contributed by atoms with Gasteiger partial charge in [0.1, 0.15) is 5.76 Å². The highest BCUT2D eigenvalue weighted by molar-refractivity contribution is 5.90. The first kappa shape index (κ1) is 13.6. The smallest absolute Gasteiger partial charge is 0.372 e. The third-order valence-electron chi connectivity index (χ3n) is 4.58. The molecular weight excluding hydrogens is 284 g/mol. The third kappa shape index (κ3) is 2.06. The van der Waals surface area contributed by atoms with Crippen LogP contribution in [0.4, 0.5) is 0 Å². The van der Waals surface area contributed by atoms with Gasteiger partial charge in [-0.25, -0.2) is 4.79 Å². The maximum absolute atomic E-state index is 11.3. The molecule has 0 radical (unpaired) electrons. The lowest BCUT2D eigenvalue weighted by Crippen LogP contribution is -2.11. The summed E-state index contributed by atoms with van der Waals surface area (Å²) in [5.41, 5.74) is 3.61. The molecule has 1 aliphatic carbocycles. The number of nitrogens with zero attached hydrogens (tertiary/aromatic N) is 2. The number of hydrogen-bond acceptors (Lipinski definition) is 4. The maximum atomic E-state index is 11.3. The van der Waals surface area contributed by atoms with E-state index in [1.165, 1.54) is 5.56 Å². The van der Waals surface area contributed by atoms with Crippen molar-refractivity contribution in [3.63, 3.8) is 0 Å². The highest BCUT2D eigenvalue weighted by atomic mass is 16.5. The van der Waals surface area contributed by atoms with E-state index >= 15 is 0 Å². The Hall–Kier alpha value is -2.08. The topological polar surface area (TPSA) is 77.5 Å². The number of fused-ring (bicyclic) bond motifs is 3. The molecule has 3 heterocycles. The largest absolute Gasteiger partial charge is 0.475 e. The molecule has 22 heavy (non-hydrogen) atoms. The van der Waals surface area contributed by atoms with Crippen LogP contribution in [0.15, 0.2) is 10.6 Å². The number of carbonyl (C=O) groups is 1. The van der Waals surface area contributed by atoms with Gasteiger partial charge in [0.25, 0.3) is 0 Å². The van der Waals surface area contributed by atoms with E-state index in [9.17, 15) is 9.90 Å². The summed E-state index contributed by atoms with van der Waals surface area (Å²) in [6.45, 7) is 4.28. The maximum Gasteiger partial charge on any atom is 0.372 e. The minimum Gasteiger partial charge on any atom is -0.475 e. The van der Waals surface area contributed by atoms with Gasteiger partial charge in [-0.2, -0.15) is 5.10 Å². The Kier molecular flexibility index (Phi) is 3.07. The fraction of sp³-hybridized carbons (Fsp3) is 0.500. The van der Waals surface area contributed by atoms with Gasteiger partial charge >= 0.3 is 5.97 Å². The average molecular weight is 302 g/mol. The minimum absolute atomic E-state index is 0.0385. The summed E-state index contributed by atoms with van der Waals surface area (Å²) >= 11 is 0. The van der Waals surface area contributed by atoms with Crippen molar-refractivity contribution in [3.05, 3.63) is 28.8 Å². The number of hydrogen-bond donors (Lipinski definition) is 1. The molecule has 1 fully saturated rings. The Morgan fingerprint density at radius 1 is 1.50 bits per heavy atom. The summed E-state index contributed by atoms with van der Waals surface area (Å²) in [5, 5.41) is 13.9. The lowest BCUT2D eigenvalue weighted by Gasteiger charge is -2.09. The zero-order valence-electron chi connectivity index (χ0n) is 12.5. The minimum atomic E-state index is -1.02. The van der Waals surface area contributed by atoms with E-state index < -0.39 is 5.97 Å². The van der Waals surface area contributed by atoms with Crippen molar-refractivity contribution in [1.82, 2.24) is 9.78 Å². The predicted molar refractivity (Wildman–Crippen MR) is 78.0 cm³/mol. The van der Waals surface area contributed by atoms with E-state index in [0.29, 0.717) is 11.5 Å². The first-order valence-electron chi connectivity index (χ1n) is 7.63. The Labute approximate surface area is 127 Å². The molecule has 0 saturated carbocycles. The molecule has 2 aromatic heterocycles. The third-order valence-corrected chi connectivity index (χ3v) is 4.58. The average Bonchev–Trinajstić information content (AvgIpc) is 3.17. The number of aromatic carboxylic acids is 1. The van der Waals surface area contributed by atoms with Crippen LogP contribution in [0.2, 0.25) is 0 Å². The van der Waals surface area contributed by atoms with E-state index in [4.69, 9.17) is 14.3 Å². The van der Waals surface area contributed by atoms with Crippen molar-refractivity contribution in [1.29, 1.82) is 0 Å². The molecule has 6 nitrogen and oxygen atoms in total. The molecular formula is C16H18N2O4. The second-order valence-corrected chi connectivity index (χ2v) is 6.11. The number of ether oxygens (including phenoxy) is 1. The van der Waals surface area contributed by atoms with E-state index in [2.05, 4.69) is 6.20 Å². The molecule has 116 valence electrons. The molecule has 1 saturated heterocycles. The van der Waals surface area contributed by atoms with Gasteiger partial charge in [-0.1, -0.05) is 0 Å². The summed E-state index contributed by atoms with van der Waals surface area (Å²) in [5.74, 6) is 0.283. The van der Waals surface area contributed by atoms with Gasteiger partial charge in [-0.05, 0) is 25.3 Å². The second kappa shape index (κ2) is 4.98. The highest BCUT2D eigenvalue weighted by Gasteiger charge is 2.30. The van der Waals surface area contributed by atoms with Gasteiger partial charge in [-0.15, -0.1) is 0 Å². The van der Waals surface area contributed by atoms with E-state index in [-0.39, 0.29) is 5.76 Å². The first-order chi connectivity index (χ1) is 10.6. The van der Waals surface area contributed by atoms with Crippen LogP contribution in [-0.4, -0.2) is 34.1 Å². The molecule has 1 unspecified atom stereocenters. The quantitative estimate of drug-likeness (QED) is 0.941. The van der Waals surface area contributed by atoms with Gasteiger partial charge in [0.05, 0.1) is 12.3 Å². The van der Waals surface area contributed by atoms with Crippen LogP contribution in [0.25, 0.3) is 11.3 Å². The molecule has 2 aliphatic rings. The van der Waals surface area contributed by atoms with Crippen LogP contribution < -0.4 is 0 Å². The van der Waals surface area contributed by atoms with Crippen molar-refractivity contribution in [2.24, 2.45) is 5.92 Å². The summed E-state index contributed by atoms with van der Waals surface area (Å²) < 4.78 is 12.9. The number of rotatable bonds is 3. The van der Waals surface area contributed by atoms with Gasteiger partial charge in [0.2, 0.25) is 5.76 Å². The van der Waals surface area contributed by atoms with Gasteiger partial charge in [-0.3, -0.25) is 4.68 Å². The Morgan fingerprint density at radius 2 is 2.36 bits per heavy atom. The van der Waals surface area contributed by atoms with E-state index in [1.807, 2.05) is 4.68 Å². The number of aromatic nitrogens is 2. The number of carboxylic acids is 1. The van der Waals surface area contributed by atoms with Crippen LogP contribution in [0.3, 0.4) is 0 Å². The Balaban J connectivity index is 1.71. The normalized spacial score (nSPS) is 20.0. The van der Waals surface area contributed by atoms with Crippen LogP contribution in [-0.2, 0) is 24.1 Å². The molecule has 4 rings (SSSR count). The second-order valence-electron chi connectivity index (χ2n) is 6.11. The highest BCUT2D eigenvalue weighted by Crippen LogP contribution is 2.38. The van der Waals surface area contributed by atoms with Gasteiger partial charge < -0.3 is 14.3 Å². The zero-order valence-corrected chi connectivity index (χ0v) is 12.5. The predicted octanol–water partition coefficient (Wildman–Crippen LogP) is 2.28. The van der Waals surface area contributed by atoms with Crippen molar-refractivity contribution in [3.8, 4) is 11.3 Å². The molecule has 1 aliphatic heterocycles. The van der Waals surface area contributed by atoms with Crippen LogP contribution in [0.1, 0.15) is 33.9 Å². The van der Waals surface area contributed by atoms with Crippen LogP contribution >= 0.6 is 0 Å². The van der Waals surface area contributed by atoms with Gasteiger partial charge in [0, 0.05) is 42.8 Å². The number of furan rings is 1. The SMILES string of the molecule is Cc1c(C(=O)O)oc2c1-c1nn(CC3CCOC3)cc1CC2. The zero-order chi connectivity index (χ0) is 15.3. The fourth-order valence-corrected chi connectivity index (χ4v) is 3.45. The van der Waals surface area contributed by atoms with Gasteiger partial charge in [0.15, 0.2) is 0 Å². The van der Waals surface area contributed by atoms with Crippen LogP contribution in [0.5, 0.6) is 0 Å². The lowest BCUT2D eigenvalue weighted by atomic mass is 9.94. The molecule has 1 N–H and O–H groups in total. The molecule has 6 heteroatoms. The molecule has 0 bridgehead atoms. The van der Waals surface area contributed by atoms with E-state index in [1.54, 1.807) is 6.92 Å². The van der Waals surface area contributed by atoms with Crippen LogP contribution in [0, 0.1) is 12.8 Å². The molecule has 1 atom stereocenters. The summed E-state index contributed by atoms with van der Waals surface area (Å²) in [6.07, 6.45) is 4.73. The van der Waals surface area contributed by atoms with Crippen molar-refractivity contribution >= 4 is 5.97 Å². The number of carboxylic acid groups (broad SMARTS) is 1. The summed E-state index contributed by atoms with van der Waals surface area (Å²) in [6, 6.07) is 0. The summed E-state index contributed by atoms with van der Waals surface area (Å²) in [4.78, 5) is 11.3. The monoisotopic (exact) mass is 302 g/mol. The first-order valence-corrected chi connectivity index (χ1v) is 7.63. The molecule has 0 amide bonds. The van der Waals surface area contributed by atoms with Crippen molar-refractivity contribution in [2.45, 2.75) is 32.7 Å². The number of aryl methyl sites for hydroxylation is 2. The van der Waals surface area contributed by atoms with Crippen molar-refractivity contribution < 1.29 is 19.1 Å². The van der Waals surface area contributed by atoms with Crippen molar-refractivity contribution in [2.75, 3.05) is 13.2 Å². The molecule has 0 spiro atoms. The Morgan fingerprint density at radius 3 is 3.09 bits per heavy atom. The Bertz CT molecular complexity index is 738. The lowest BCUT2D eigenvalue weighted by molar-refractivity contribution is 0.0659. The molecule has 2 aromatic rings. The standard InChI is InChI=1S/C16H18N2O4/c1-9-13-12(22-15(9)16(19)20)3-2-11-7-18(17-14(11)13)6-10-4-5-21-8-10/h7,10H,2-6,8H2,1H3,(H,19,20). The molecule has 0 aromatic carbocycles. The summed E-state index contributed by atoms with van der Waals surface area (Å²) in [7, 11) is 0. The fourth-order valence-electron chi connectivity index (χ4n) is 3.45. The van der Waals surface area contributed by atoms with E-state index in [0.717, 1.165) is 56.0 Å².